The van der Waals surface area contributed by atoms with E-state index in [1.54, 1.807) is 50.0 Å². The number of aromatic nitrogens is 1. The van der Waals surface area contributed by atoms with Crippen molar-refractivity contribution in [3.05, 3.63) is 75.7 Å². The van der Waals surface area contributed by atoms with Crippen LogP contribution in [-0.2, 0) is 11.2 Å². The Kier molecular flexibility index (Phi) is 6.18. The molecule has 3 heterocycles. The minimum atomic E-state index is -0.370. The highest BCUT2D eigenvalue weighted by Gasteiger charge is 2.34. The summed E-state index contributed by atoms with van der Waals surface area (Å²) in [7, 11) is 3.22. The molecule has 1 aromatic carbocycles. The zero-order valence-electron chi connectivity index (χ0n) is 17.3. The summed E-state index contributed by atoms with van der Waals surface area (Å²) in [5.41, 5.74) is 2.42. The first-order valence-corrected chi connectivity index (χ1v) is 10.8. The van der Waals surface area contributed by atoms with E-state index in [0.29, 0.717) is 24.5 Å². The van der Waals surface area contributed by atoms with E-state index < -0.39 is 0 Å². The summed E-state index contributed by atoms with van der Waals surface area (Å²) in [5.74, 6) is 0.780. The van der Waals surface area contributed by atoms with Gasteiger partial charge in [0.15, 0.2) is 11.5 Å². The third-order valence-electron chi connectivity index (χ3n) is 5.30. The van der Waals surface area contributed by atoms with Gasteiger partial charge < -0.3 is 19.7 Å². The molecule has 8 heteroatoms. The van der Waals surface area contributed by atoms with Crippen LogP contribution >= 0.6 is 11.3 Å². The lowest BCUT2D eigenvalue weighted by Gasteiger charge is -2.37. The van der Waals surface area contributed by atoms with Gasteiger partial charge in [-0.2, -0.15) is 0 Å². The van der Waals surface area contributed by atoms with Crippen LogP contribution in [0.2, 0.25) is 0 Å². The van der Waals surface area contributed by atoms with Crippen molar-refractivity contribution in [3.63, 3.8) is 0 Å². The van der Waals surface area contributed by atoms with E-state index in [1.807, 2.05) is 34.5 Å². The lowest BCUT2D eigenvalue weighted by Crippen LogP contribution is -2.45. The van der Waals surface area contributed by atoms with Gasteiger partial charge in [-0.05, 0) is 53.3 Å². The van der Waals surface area contributed by atoms with Crippen molar-refractivity contribution < 1.29 is 19.1 Å². The number of fused-ring (bicyclic) bond motifs is 1. The Labute approximate surface area is 184 Å². The van der Waals surface area contributed by atoms with E-state index in [4.69, 9.17) is 9.47 Å². The molecule has 0 radical (unpaired) electrons. The number of carbonyl (C=O) groups excluding carboxylic acids is 2. The molecule has 4 rings (SSSR count). The van der Waals surface area contributed by atoms with Crippen molar-refractivity contribution in [2.45, 2.75) is 12.5 Å². The number of ether oxygens (including phenoxy) is 2. The standard InChI is InChI=1S/C23H23N3O4S/c1-29-18-12-15-8-10-26(21(27)14-25-23(28)17-6-3-4-9-24-17)22(20-7-5-11-31-20)16(15)13-19(18)30-2/h3-7,9,11-13,22H,8,10,14H2,1-2H3,(H,25,28)/t22-/m0/s1. The van der Waals surface area contributed by atoms with E-state index >= 15 is 0 Å². The van der Waals surface area contributed by atoms with Crippen LogP contribution in [0.1, 0.15) is 32.5 Å². The van der Waals surface area contributed by atoms with Crippen molar-refractivity contribution in [3.8, 4) is 11.5 Å². The van der Waals surface area contributed by atoms with Crippen LogP contribution in [-0.4, -0.2) is 49.0 Å². The molecular weight excluding hydrogens is 414 g/mol. The fourth-order valence-corrected chi connectivity index (χ4v) is 4.67. The Balaban J connectivity index is 1.60. The molecule has 1 N–H and O–H groups in total. The van der Waals surface area contributed by atoms with Gasteiger partial charge in [-0.15, -0.1) is 11.3 Å². The summed E-state index contributed by atoms with van der Waals surface area (Å²) in [6, 6.07) is 12.8. The quantitative estimate of drug-likeness (QED) is 0.641. The summed E-state index contributed by atoms with van der Waals surface area (Å²) < 4.78 is 11.0. The van der Waals surface area contributed by atoms with Gasteiger partial charge >= 0.3 is 0 Å². The molecular formula is C23H23N3O4S. The van der Waals surface area contributed by atoms with Gasteiger partial charge in [0, 0.05) is 17.6 Å². The molecule has 0 spiro atoms. The fourth-order valence-electron chi connectivity index (χ4n) is 3.81. The van der Waals surface area contributed by atoms with Gasteiger partial charge in [0.2, 0.25) is 5.91 Å². The van der Waals surface area contributed by atoms with Crippen molar-refractivity contribution in [1.82, 2.24) is 15.2 Å². The van der Waals surface area contributed by atoms with Gasteiger partial charge in [-0.25, -0.2) is 0 Å². The van der Waals surface area contributed by atoms with Crippen LogP contribution in [0.25, 0.3) is 0 Å². The van der Waals surface area contributed by atoms with Crippen LogP contribution in [0.4, 0.5) is 0 Å². The van der Waals surface area contributed by atoms with E-state index in [1.165, 1.54) is 0 Å². The van der Waals surface area contributed by atoms with Crippen LogP contribution in [0, 0.1) is 0 Å². The number of amides is 2. The first kappa shape index (κ1) is 20.9. The number of carbonyl (C=O) groups is 2. The molecule has 0 saturated carbocycles. The number of nitrogens with one attached hydrogen (secondary N) is 1. The molecule has 0 unspecified atom stereocenters. The molecule has 1 atom stereocenters. The van der Waals surface area contributed by atoms with Gasteiger partial charge in [0.05, 0.1) is 26.8 Å². The first-order valence-electron chi connectivity index (χ1n) is 9.89. The average molecular weight is 438 g/mol. The van der Waals surface area contributed by atoms with Crippen molar-refractivity contribution >= 4 is 23.2 Å². The molecule has 0 aliphatic carbocycles. The van der Waals surface area contributed by atoms with Crippen LogP contribution in [0.5, 0.6) is 11.5 Å². The maximum absolute atomic E-state index is 13.2. The van der Waals surface area contributed by atoms with Gasteiger partial charge in [0.1, 0.15) is 5.69 Å². The van der Waals surface area contributed by atoms with Gasteiger partial charge in [0.25, 0.3) is 5.91 Å². The van der Waals surface area contributed by atoms with Crippen molar-refractivity contribution in [2.75, 3.05) is 27.3 Å². The molecule has 3 aromatic rings. The van der Waals surface area contributed by atoms with E-state index in [9.17, 15) is 9.59 Å². The van der Waals surface area contributed by atoms with Crippen molar-refractivity contribution in [2.24, 2.45) is 0 Å². The number of methoxy groups -OCH3 is 2. The zero-order chi connectivity index (χ0) is 21.8. The van der Waals surface area contributed by atoms with Crippen molar-refractivity contribution in [1.29, 1.82) is 0 Å². The second kappa shape index (κ2) is 9.18. The van der Waals surface area contributed by atoms with Gasteiger partial charge in [-0.1, -0.05) is 12.1 Å². The fraction of sp³-hybridized carbons (Fsp3) is 0.261. The molecule has 2 amide bonds. The third-order valence-corrected chi connectivity index (χ3v) is 6.23. The molecule has 0 fully saturated rings. The first-order chi connectivity index (χ1) is 15.1. The summed E-state index contributed by atoms with van der Waals surface area (Å²) in [5, 5.41) is 4.69. The molecule has 0 saturated heterocycles. The third kappa shape index (κ3) is 4.25. The maximum atomic E-state index is 13.2. The maximum Gasteiger partial charge on any atom is 0.270 e. The highest BCUT2D eigenvalue weighted by Crippen LogP contribution is 2.42. The number of hydrogen-bond acceptors (Lipinski definition) is 6. The van der Waals surface area contributed by atoms with Crippen LogP contribution in [0.15, 0.2) is 54.0 Å². The smallest absolute Gasteiger partial charge is 0.270 e. The highest BCUT2D eigenvalue weighted by atomic mass is 32.1. The second-order valence-electron chi connectivity index (χ2n) is 7.06. The number of thiophene rings is 1. The molecule has 31 heavy (non-hydrogen) atoms. The lowest BCUT2D eigenvalue weighted by atomic mass is 9.90. The zero-order valence-corrected chi connectivity index (χ0v) is 18.1. The summed E-state index contributed by atoms with van der Waals surface area (Å²) >= 11 is 1.60. The Bertz CT molecular complexity index is 1070. The molecule has 1 aliphatic rings. The number of pyridine rings is 1. The predicted molar refractivity (Wildman–Crippen MR) is 118 cm³/mol. The topological polar surface area (TPSA) is 80.8 Å². The highest BCUT2D eigenvalue weighted by molar-refractivity contribution is 7.10. The summed E-state index contributed by atoms with van der Waals surface area (Å²) in [6.07, 6.45) is 2.24. The van der Waals surface area contributed by atoms with Gasteiger partial charge in [-0.3, -0.25) is 14.6 Å². The number of nitrogens with zero attached hydrogens (tertiary/aromatic N) is 2. The van der Waals surface area contributed by atoms with E-state index in [0.717, 1.165) is 16.0 Å². The Morgan fingerprint density at radius 2 is 1.97 bits per heavy atom. The van der Waals surface area contributed by atoms with Crippen LogP contribution < -0.4 is 14.8 Å². The molecule has 0 bridgehead atoms. The number of benzene rings is 1. The van der Waals surface area contributed by atoms with E-state index in [2.05, 4.69) is 10.3 Å². The Hall–Kier alpha value is -3.39. The molecule has 2 aromatic heterocycles. The number of hydrogen-bond donors (Lipinski definition) is 1. The summed E-state index contributed by atoms with van der Waals surface area (Å²) in [4.78, 5) is 32.4. The normalized spacial score (nSPS) is 15.2. The molecule has 160 valence electrons. The predicted octanol–water partition coefficient (Wildman–Crippen LogP) is 3.06. The van der Waals surface area contributed by atoms with Crippen LogP contribution in [0.3, 0.4) is 0 Å². The Morgan fingerprint density at radius 3 is 2.65 bits per heavy atom. The SMILES string of the molecule is COc1cc2c(cc1OC)[C@@H](c1cccs1)N(C(=O)CNC(=O)c1ccccn1)CC2. The minimum Gasteiger partial charge on any atom is -0.493 e. The average Bonchev–Trinajstić information content (AvgIpc) is 3.35. The minimum absolute atomic E-state index is 0.0973. The molecule has 1 aliphatic heterocycles. The monoisotopic (exact) mass is 437 g/mol. The number of rotatable bonds is 6. The lowest BCUT2D eigenvalue weighted by molar-refractivity contribution is -0.132. The largest absolute Gasteiger partial charge is 0.493 e. The van der Waals surface area contributed by atoms with E-state index in [-0.39, 0.29) is 30.1 Å². The second-order valence-corrected chi connectivity index (χ2v) is 8.04. The summed E-state index contributed by atoms with van der Waals surface area (Å²) in [6.45, 7) is 0.448. The Morgan fingerprint density at radius 1 is 1.16 bits per heavy atom. The molecule has 7 nitrogen and oxygen atoms in total.